The number of aryl methyl sites for hydroxylation is 2. The number of rotatable bonds is 8. The summed E-state index contributed by atoms with van der Waals surface area (Å²) in [6.07, 6.45) is 0.833. The second kappa shape index (κ2) is 11.7. The van der Waals surface area contributed by atoms with E-state index in [9.17, 15) is 8.42 Å². The highest BCUT2D eigenvalue weighted by Gasteiger charge is 2.11. The fourth-order valence-electron chi connectivity index (χ4n) is 2.37. The lowest BCUT2D eigenvalue weighted by Crippen LogP contribution is -2.38. The number of halogens is 1. The van der Waals surface area contributed by atoms with Gasteiger partial charge in [0.25, 0.3) is 0 Å². The van der Waals surface area contributed by atoms with Crippen LogP contribution in [0.2, 0.25) is 0 Å². The smallest absolute Gasteiger partial charge is 0.240 e. The van der Waals surface area contributed by atoms with Crippen molar-refractivity contribution >= 4 is 51.3 Å². The van der Waals surface area contributed by atoms with Gasteiger partial charge in [0.1, 0.15) is 0 Å². The summed E-state index contributed by atoms with van der Waals surface area (Å²) in [5.74, 6) is 0.698. The molecule has 1 aromatic heterocycles. The van der Waals surface area contributed by atoms with E-state index in [0.29, 0.717) is 12.5 Å². The van der Waals surface area contributed by atoms with Crippen LogP contribution in [-0.2, 0) is 23.0 Å². The van der Waals surface area contributed by atoms with Gasteiger partial charge >= 0.3 is 0 Å². The number of thiazole rings is 1. The Labute approximate surface area is 188 Å². The Morgan fingerprint density at radius 2 is 2.00 bits per heavy atom. The lowest BCUT2D eigenvalue weighted by Gasteiger charge is -2.11. The van der Waals surface area contributed by atoms with Crippen molar-refractivity contribution in [1.29, 1.82) is 0 Å². The zero-order valence-electron chi connectivity index (χ0n) is 16.6. The highest BCUT2D eigenvalue weighted by atomic mass is 127. The minimum atomic E-state index is -3.45. The van der Waals surface area contributed by atoms with Gasteiger partial charge in [0.05, 0.1) is 22.1 Å². The van der Waals surface area contributed by atoms with E-state index in [1.807, 2.05) is 19.9 Å². The van der Waals surface area contributed by atoms with Crippen molar-refractivity contribution in [2.45, 2.75) is 38.6 Å². The van der Waals surface area contributed by atoms with Crippen LogP contribution in [0.15, 0.2) is 34.2 Å². The van der Waals surface area contributed by atoms with Crippen molar-refractivity contribution in [2.24, 2.45) is 4.99 Å². The van der Waals surface area contributed by atoms with E-state index >= 15 is 0 Å². The molecule has 0 atom stereocenters. The Kier molecular flexibility index (Phi) is 10.4. The normalized spacial score (nSPS) is 11.8. The van der Waals surface area contributed by atoms with Crippen LogP contribution in [0.5, 0.6) is 0 Å². The molecule has 0 saturated heterocycles. The third-order valence-electron chi connectivity index (χ3n) is 3.95. The molecule has 3 N–H and O–H groups in total. The number of hydrogen-bond acceptors (Lipinski definition) is 5. The van der Waals surface area contributed by atoms with Crippen LogP contribution in [0, 0.1) is 13.8 Å². The molecule has 0 aliphatic heterocycles. The summed E-state index contributed by atoms with van der Waals surface area (Å²) < 4.78 is 26.2. The van der Waals surface area contributed by atoms with Gasteiger partial charge in [0, 0.05) is 24.4 Å². The summed E-state index contributed by atoms with van der Waals surface area (Å²) in [5.41, 5.74) is 1.92. The van der Waals surface area contributed by atoms with Gasteiger partial charge in [-0.15, -0.1) is 35.3 Å². The largest absolute Gasteiger partial charge is 0.357 e. The van der Waals surface area contributed by atoms with Gasteiger partial charge in [-0.2, -0.15) is 0 Å². The van der Waals surface area contributed by atoms with E-state index in [0.717, 1.165) is 35.8 Å². The van der Waals surface area contributed by atoms with Gasteiger partial charge in [-0.3, -0.25) is 0 Å². The summed E-state index contributed by atoms with van der Waals surface area (Å²) >= 11 is 1.72. The molecule has 0 amide bonds. The highest BCUT2D eigenvalue weighted by Crippen LogP contribution is 2.16. The molecule has 7 nitrogen and oxygen atoms in total. The highest BCUT2D eigenvalue weighted by molar-refractivity contribution is 14.0. The maximum absolute atomic E-state index is 11.9. The zero-order chi connectivity index (χ0) is 19.9. The molecule has 28 heavy (non-hydrogen) atoms. The number of aromatic nitrogens is 1. The Hall–Kier alpha value is -1.24. The number of guanidine groups is 1. The summed E-state index contributed by atoms with van der Waals surface area (Å²) in [7, 11) is -2.05. The SMILES string of the molecule is CCNC(=NCc1cccc(S(=O)(=O)NC)c1)NCCc1nc(C)c(C)s1.I. The fourth-order valence-corrected chi connectivity index (χ4v) is 4.11. The Balaban J connectivity index is 0.00000392. The second-order valence-electron chi connectivity index (χ2n) is 5.98. The standard InChI is InChI=1S/C18H27N5O2S2.HI/c1-5-20-18(21-10-9-17-23-13(2)14(3)26-17)22-12-15-7-6-8-16(11-15)27(24,25)19-4;/h6-8,11,19H,5,9-10,12H2,1-4H3,(H2,20,21,22);1H. The molecule has 0 aliphatic carbocycles. The first-order valence-corrected chi connectivity index (χ1v) is 11.1. The van der Waals surface area contributed by atoms with Crippen LogP contribution in [0.4, 0.5) is 0 Å². The maximum atomic E-state index is 11.9. The number of nitrogens with zero attached hydrogens (tertiary/aromatic N) is 2. The molecule has 0 saturated carbocycles. The lowest BCUT2D eigenvalue weighted by atomic mass is 10.2. The minimum Gasteiger partial charge on any atom is -0.357 e. The summed E-state index contributed by atoms with van der Waals surface area (Å²) in [5, 5.41) is 7.61. The monoisotopic (exact) mass is 537 g/mol. The molecule has 0 fully saturated rings. The van der Waals surface area contributed by atoms with Crippen LogP contribution in [0.3, 0.4) is 0 Å². The molecule has 0 spiro atoms. The van der Waals surface area contributed by atoms with E-state index < -0.39 is 10.0 Å². The van der Waals surface area contributed by atoms with Crippen LogP contribution < -0.4 is 15.4 Å². The number of benzene rings is 1. The predicted octanol–water partition coefficient (Wildman–Crippen LogP) is 2.58. The van der Waals surface area contributed by atoms with Crippen LogP contribution in [0.1, 0.15) is 28.1 Å². The molecule has 2 rings (SSSR count). The third-order valence-corrected chi connectivity index (χ3v) is 6.49. The summed E-state index contributed by atoms with van der Waals surface area (Å²) in [4.78, 5) is 10.6. The van der Waals surface area contributed by atoms with Crippen molar-refractivity contribution in [3.8, 4) is 0 Å². The number of aliphatic imine (C=N–C) groups is 1. The predicted molar refractivity (Wildman–Crippen MR) is 126 cm³/mol. The van der Waals surface area contributed by atoms with Gasteiger partial charge < -0.3 is 10.6 Å². The fraction of sp³-hybridized carbons (Fsp3) is 0.444. The van der Waals surface area contributed by atoms with Crippen LogP contribution in [0.25, 0.3) is 0 Å². The van der Waals surface area contributed by atoms with Crippen molar-refractivity contribution in [3.05, 3.63) is 45.4 Å². The molecular weight excluding hydrogens is 509 g/mol. The quantitative estimate of drug-likeness (QED) is 0.274. The molecule has 0 bridgehead atoms. The average Bonchev–Trinajstić information content (AvgIpc) is 2.97. The Bertz CT molecular complexity index is 878. The van der Waals surface area contributed by atoms with E-state index in [1.54, 1.807) is 29.5 Å². The van der Waals surface area contributed by atoms with E-state index in [4.69, 9.17) is 0 Å². The molecule has 10 heteroatoms. The van der Waals surface area contributed by atoms with Crippen molar-refractivity contribution in [2.75, 3.05) is 20.1 Å². The van der Waals surface area contributed by atoms with Crippen LogP contribution in [-0.4, -0.2) is 39.5 Å². The first-order valence-electron chi connectivity index (χ1n) is 8.83. The molecular formula is C18H28IN5O2S2. The molecule has 0 unspecified atom stereocenters. The van der Waals surface area contributed by atoms with Crippen molar-refractivity contribution < 1.29 is 8.42 Å². The summed E-state index contributed by atoms with van der Waals surface area (Å²) in [6, 6.07) is 6.80. The molecule has 2 aromatic rings. The van der Waals surface area contributed by atoms with Gasteiger partial charge in [-0.05, 0) is 45.5 Å². The second-order valence-corrected chi connectivity index (χ2v) is 9.15. The van der Waals surface area contributed by atoms with Gasteiger partial charge in [-0.1, -0.05) is 12.1 Å². The maximum Gasteiger partial charge on any atom is 0.240 e. The Morgan fingerprint density at radius 3 is 2.61 bits per heavy atom. The zero-order valence-corrected chi connectivity index (χ0v) is 20.5. The molecule has 1 heterocycles. The van der Waals surface area contributed by atoms with Gasteiger partial charge in [0.15, 0.2) is 5.96 Å². The lowest BCUT2D eigenvalue weighted by molar-refractivity contribution is 0.588. The van der Waals surface area contributed by atoms with Crippen LogP contribution >= 0.6 is 35.3 Å². The minimum absolute atomic E-state index is 0. The summed E-state index contributed by atoms with van der Waals surface area (Å²) in [6.45, 7) is 7.97. The van der Waals surface area contributed by atoms with Gasteiger partial charge in [0.2, 0.25) is 10.0 Å². The van der Waals surface area contributed by atoms with Crippen molar-refractivity contribution in [3.63, 3.8) is 0 Å². The number of hydrogen-bond donors (Lipinski definition) is 3. The molecule has 156 valence electrons. The topological polar surface area (TPSA) is 95.5 Å². The number of nitrogens with one attached hydrogen (secondary N) is 3. The van der Waals surface area contributed by atoms with E-state index in [-0.39, 0.29) is 28.9 Å². The molecule has 0 radical (unpaired) electrons. The first kappa shape index (κ1) is 24.8. The van der Waals surface area contributed by atoms with Crippen molar-refractivity contribution in [1.82, 2.24) is 20.3 Å². The number of sulfonamides is 1. The third kappa shape index (κ3) is 7.30. The molecule has 0 aliphatic rings. The Morgan fingerprint density at radius 1 is 1.25 bits per heavy atom. The van der Waals surface area contributed by atoms with E-state index in [1.165, 1.54) is 11.9 Å². The molecule has 1 aromatic carbocycles. The first-order chi connectivity index (χ1) is 12.9. The average molecular weight is 537 g/mol. The van der Waals surface area contributed by atoms with Gasteiger partial charge in [-0.25, -0.2) is 23.1 Å². The van der Waals surface area contributed by atoms with E-state index in [2.05, 4.69) is 32.3 Å².